The number of nitrogens with zero attached hydrogens (tertiary/aromatic N) is 2. The molecule has 0 spiro atoms. The Bertz CT molecular complexity index is 552. The largest absolute Gasteiger partial charge is 0.468 e. The van der Waals surface area contributed by atoms with Crippen LogP contribution in [0, 0.1) is 6.92 Å². The van der Waals surface area contributed by atoms with Crippen molar-refractivity contribution in [1.82, 2.24) is 9.97 Å². The van der Waals surface area contributed by atoms with E-state index in [0.29, 0.717) is 11.1 Å². The summed E-state index contributed by atoms with van der Waals surface area (Å²) in [6, 6.07) is 3.86. The van der Waals surface area contributed by atoms with Crippen LogP contribution < -0.4 is 0 Å². The second kappa shape index (κ2) is 4.94. The second-order valence-corrected chi connectivity index (χ2v) is 5.77. The third kappa shape index (κ3) is 2.54. The van der Waals surface area contributed by atoms with Crippen LogP contribution in [0.2, 0.25) is 5.15 Å². The van der Waals surface area contributed by atoms with Crippen molar-refractivity contribution >= 4 is 23.4 Å². The molecule has 18 heavy (non-hydrogen) atoms. The van der Waals surface area contributed by atoms with Crippen molar-refractivity contribution in [2.45, 2.75) is 36.5 Å². The molecule has 0 aromatic carbocycles. The maximum absolute atomic E-state index is 6.16. The topological polar surface area (TPSA) is 38.9 Å². The highest BCUT2D eigenvalue weighted by Gasteiger charge is 2.28. The van der Waals surface area contributed by atoms with E-state index in [9.17, 15) is 0 Å². The summed E-state index contributed by atoms with van der Waals surface area (Å²) in [5, 5.41) is 1.54. The van der Waals surface area contributed by atoms with E-state index < -0.39 is 0 Å². The Morgan fingerprint density at radius 1 is 1.44 bits per heavy atom. The zero-order chi connectivity index (χ0) is 12.5. The van der Waals surface area contributed by atoms with E-state index in [4.69, 9.17) is 16.0 Å². The Balaban J connectivity index is 1.81. The van der Waals surface area contributed by atoms with E-state index >= 15 is 0 Å². The Hall–Kier alpha value is -1.00. The van der Waals surface area contributed by atoms with Gasteiger partial charge in [-0.2, -0.15) is 0 Å². The van der Waals surface area contributed by atoms with Crippen molar-refractivity contribution < 1.29 is 4.42 Å². The lowest BCUT2D eigenvalue weighted by molar-refractivity contribution is 0.530. The first-order valence-electron chi connectivity index (χ1n) is 5.93. The van der Waals surface area contributed by atoms with Crippen LogP contribution in [0.4, 0.5) is 0 Å². The van der Waals surface area contributed by atoms with Gasteiger partial charge in [-0.25, -0.2) is 9.97 Å². The molecule has 3 nitrogen and oxygen atoms in total. The van der Waals surface area contributed by atoms with Crippen molar-refractivity contribution in [2.24, 2.45) is 0 Å². The Kier molecular flexibility index (Phi) is 3.31. The number of thioether (sulfide) groups is 1. The van der Waals surface area contributed by atoms with Crippen molar-refractivity contribution in [3.63, 3.8) is 0 Å². The predicted molar refractivity (Wildman–Crippen MR) is 72.0 cm³/mol. The molecule has 2 aromatic rings. The fourth-order valence-electron chi connectivity index (χ4n) is 1.68. The van der Waals surface area contributed by atoms with Gasteiger partial charge in [-0.1, -0.05) is 23.4 Å². The maximum Gasteiger partial charge on any atom is 0.136 e. The fourth-order valence-corrected chi connectivity index (χ4v) is 2.83. The van der Waals surface area contributed by atoms with Crippen molar-refractivity contribution in [3.05, 3.63) is 40.7 Å². The summed E-state index contributed by atoms with van der Waals surface area (Å²) in [4.78, 5) is 8.98. The standard InChI is InChI=1S/C13H13ClN2OS/c1-8-11(14)15-12(9-4-5-9)16-13(8)18-7-10-3-2-6-17-10/h2-3,6,9H,4-5,7H2,1H3. The number of halogens is 1. The van der Waals surface area contributed by atoms with E-state index in [-0.39, 0.29) is 0 Å². The second-order valence-electron chi connectivity index (χ2n) is 4.45. The first-order chi connectivity index (χ1) is 8.74. The number of rotatable bonds is 4. The molecular weight excluding hydrogens is 268 g/mol. The van der Waals surface area contributed by atoms with Gasteiger partial charge in [0, 0.05) is 11.5 Å². The average Bonchev–Trinajstić information content (AvgIpc) is 3.08. The zero-order valence-electron chi connectivity index (χ0n) is 10.0. The molecule has 0 amide bonds. The highest BCUT2D eigenvalue weighted by molar-refractivity contribution is 7.98. The average molecular weight is 281 g/mol. The molecule has 1 saturated carbocycles. The van der Waals surface area contributed by atoms with Gasteiger partial charge in [0.2, 0.25) is 0 Å². The molecule has 1 aliphatic rings. The van der Waals surface area contributed by atoms with Crippen LogP contribution >= 0.6 is 23.4 Å². The van der Waals surface area contributed by atoms with Crippen LogP contribution in [0.5, 0.6) is 0 Å². The Labute approximate surface area is 115 Å². The molecule has 2 aromatic heterocycles. The van der Waals surface area contributed by atoms with Crippen molar-refractivity contribution in [2.75, 3.05) is 0 Å². The molecule has 1 aliphatic carbocycles. The van der Waals surface area contributed by atoms with Gasteiger partial charge in [0.1, 0.15) is 21.8 Å². The zero-order valence-corrected chi connectivity index (χ0v) is 11.6. The van der Waals surface area contributed by atoms with Gasteiger partial charge in [-0.05, 0) is 31.9 Å². The number of hydrogen-bond acceptors (Lipinski definition) is 4. The molecule has 0 saturated heterocycles. The summed E-state index contributed by atoms with van der Waals surface area (Å²) < 4.78 is 5.32. The van der Waals surface area contributed by atoms with Gasteiger partial charge in [-0.3, -0.25) is 0 Å². The lowest BCUT2D eigenvalue weighted by Gasteiger charge is -2.07. The number of aromatic nitrogens is 2. The molecular formula is C13H13ClN2OS. The van der Waals surface area contributed by atoms with Crippen LogP contribution in [0.1, 0.15) is 35.9 Å². The van der Waals surface area contributed by atoms with Crippen molar-refractivity contribution in [3.8, 4) is 0 Å². The van der Waals surface area contributed by atoms with Gasteiger partial charge < -0.3 is 4.42 Å². The maximum atomic E-state index is 6.16. The monoisotopic (exact) mass is 280 g/mol. The van der Waals surface area contributed by atoms with Crippen LogP contribution in [0.15, 0.2) is 27.8 Å². The van der Waals surface area contributed by atoms with Gasteiger partial charge in [-0.15, -0.1) is 0 Å². The van der Waals surface area contributed by atoms with Gasteiger partial charge in [0.15, 0.2) is 0 Å². The van der Waals surface area contributed by atoms with E-state index in [0.717, 1.165) is 27.9 Å². The first kappa shape index (κ1) is 12.1. The lowest BCUT2D eigenvalue weighted by atomic mass is 10.3. The third-order valence-corrected chi connectivity index (χ3v) is 4.40. The lowest BCUT2D eigenvalue weighted by Crippen LogP contribution is -1.98. The SMILES string of the molecule is Cc1c(Cl)nc(C2CC2)nc1SCc1ccco1. The van der Waals surface area contributed by atoms with E-state index in [1.807, 2.05) is 19.1 Å². The van der Waals surface area contributed by atoms with Crippen LogP contribution in [0.3, 0.4) is 0 Å². The minimum atomic E-state index is 0.520. The number of furan rings is 1. The molecule has 0 N–H and O–H groups in total. The molecule has 5 heteroatoms. The van der Waals surface area contributed by atoms with E-state index in [2.05, 4.69) is 9.97 Å². The molecule has 0 unspecified atom stereocenters. The highest BCUT2D eigenvalue weighted by Crippen LogP contribution is 2.40. The summed E-state index contributed by atoms with van der Waals surface area (Å²) in [7, 11) is 0. The van der Waals surface area contributed by atoms with Crippen molar-refractivity contribution in [1.29, 1.82) is 0 Å². The summed E-state index contributed by atoms with van der Waals surface area (Å²) >= 11 is 7.81. The third-order valence-electron chi connectivity index (χ3n) is 2.93. The summed E-state index contributed by atoms with van der Waals surface area (Å²) in [5.41, 5.74) is 0.956. The molecule has 0 radical (unpaired) electrons. The first-order valence-corrected chi connectivity index (χ1v) is 7.29. The van der Waals surface area contributed by atoms with Crippen LogP contribution in [-0.2, 0) is 5.75 Å². The molecule has 94 valence electrons. The normalized spacial score (nSPS) is 15.0. The highest BCUT2D eigenvalue weighted by atomic mass is 35.5. The van der Waals surface area contributed by atoms with Crippen LogP contribution in [0.25, 0.3) is 0 Å². The predicted octanol–water partition coefficient (Wildman–Crippen LogP) is 4.20. The minimum Gasteiger partial charge on any atom is -0.468 e. The molecule has 0 atom stereocenters. The Morgan fingerprint density at radius 2 is 2.28 bits per heavy atom. The van der Waals surface area contributed by atoms with Gasteiger partial charge >= 0.3 is 0 Å². The number of hydrogen-bond donors (Lipinski definition) is 0. The minimum absolute atomic E-state index is 0.520. The van der Waals surface area contributed by atoms with Gasteiger partial charge in [0.25, 0.3) is 0 Å². The summed E-state index contributed by atoms with van der Waals surface area (Å²) in [6.07, 6.45) is 4.05. The molecule has 0 bridgehead atoms. The smallest absolute Gasteiger partial charge is 0.136 e. The summed E-state index contributed by atoms with van der Waals surface area (Å²) in [5.74, 6) is 3.13. The van der Waals surface area contributed by atoms with Crippen LogP contribution in [-0.4, -0.2) is 9.97 Å². The van der Waals surface area contributed by atoms with E-state index in [1.165, 1.54) is 12.8 Å². The molecule has 1 fully saturated rings. The molecule has 0 aliphatic heterocycles. The van der Waals surface area contributed by atoms with E-state index in [1.54, 1.807) is 18.0 Å². The van der Waals surface area contributed by atoms with Gasteiger partial charge in [0.05, 0.1) is 12.0 Å². The quantitative estimate of drug-likeness (QED) is 0.621. The summed E-state index contributed by atoms with van der Waals surface area (Å²) in [6.45, 7) is 1.96. The molecule has 2 heterocycles. The molecule has 3 rings (SSSR count). The Morgan fingerprint density at radius 3 is 2.94 bits per heavy atom. The fraction of sp³-hybridized carbons (Fsp3) is 0.385.